The van der Waals surface area contributed by atoms with Gasteiger partial charge in [-0.1, -0.05) is 13.8 Å². The third-order valence-corrected chi connectivity index (χ3v) is 4.41. The van der Waals surface area contributed by atoms with Gasteiger partial charge in [-0.2, -0.15) is 0 Å². The molecule has 1 heterocycles. The summed E-state index contributed by atoms with van der Waals surface area (Å²) in [6, 6.07) is 5.79. The smallest absolute Gasteiger partial charge is 0.159 e. The van der Waals surface area contributed by atoms with Gasteiger partial charge in [0.05, 0.1) is 6.61 Å². The number of ketones is 1. The molecule has 0 radical (unpaired) electrons. The van der Waals surface area contributed by atoms with Gasteiger partial charge >= 0.3 is 0 Å². The second-order valence-electron chi connectivity index (χ2n) is 6.34. The van der Waals surface area contributed by atoms with Crippen LogP contribution in [-0.4, -0.2) is 30.4 Å². The van der Waals surface area contributed by atoms with Gasteiger partial charge in [0, 0.05) is 24.2 Å². The molecule has 1 aromatic carbocycles. The standard InChI is InChI=1S/C18H27NO2/c1-5-21-18-7-6-15(14(4)20)10-17(18)12-19-9-8-16(11-19)13(2)3/h6-7,10,13,16H,5,8-9,11-12H2,1-4H3. The molecule has 1 unspecified atom stereocenters. The zero-order valence-corrected chi connectivity index (χ0v) is 13.7. The van der Waals surface area contributed by atoms with Gasteiger partial charge in [-0.15, -0.1) is 0 Å². The Labute approximate surface area is 128 Å². The molecule has 0 spiro atoms. The number of carbonyl (C=O) groups excluding carboxylic acids is 1. The van der Waals surface area contributed by atoms with Crippen molar-refractivity contribution in [3.05, 3.63) is 29.3 Å². The second-order valence-corrected chi connectivity index (χ2v) is 6.34. The van der Waals surface area contributed by atoms with Gasteiger partial charge in [0.15, 0.2) is 5.78 Å². The number of carbonyl (C=O) groups is 1. The van der Waals surface area contributed by atoms with Crippen molar-refractivity contribution in [2.24, 2.45) is 11.8 Å². The number of benzene rings is 1. The third kappa shape index (κ3) is 4.07. The largest absolute Gasteiger partial charge is 0.494 e. The molecule has 0 aliphatic carbocycles. The quantitative estimate of drug-likeness (QED) is 0.747. The zero-order chi connectivity index (χ0) is 15.4. The summed E-state index contributed by atoms with van der Waals surface area (Å²) >= 11 is 0. The van der Waals surface area contributed by atoms with E-state index in [1.165, 1.54) is 6.42 Å². The molecule has 0 aromatic heterocycles. The fourth-order valence-corrected chi connectivity index (χ4v) is 3.01. The topological polar surface area (TPSA) is 29.5 Å². The summed E-state index contributed by atoms with van der Waals surface area (Å²) < 4.78 is 5.72. The van der Waals surface area contributed by atoms with Crippen LogP contribution in [0.1, 0.15) is 50.0 Å². The predicted octanol–water partition coefficient (Wildman–Crippen LogP) is 3.77. The molecule has 0 bridgehead atoms. The normalized spacial score (nSPS) is 19.2. The van der Waals surface area contributed by atoms with Crippen LogP contribution in [0.4, 0.5) is 0 Å². The first-order valence-electron chi connectivity index (χ1n) is 8.00. The lowest BCUT2D eigenvalue weighted by Crippen LogP contribution is -2.22. The Balaban J connectivity index is 2.13. The summed E-state index contributed by atoms with van der Waals surface area (Å²) in [6.07, 6.45) is 1.27. The van der Waals surface area contributed by atoms with Gasteiger partial charge in [0.25, 0.3) is 0 Å². The molecule has 1 aliphatic rings. The molecule has 21 heavy (non-hydrogen) atoms. The lowest BCUT2D eigenvalue weighted by molar-refractivity contribution is 0.101. The minimum atomic E-state index is 0.112. The minimum absolute atomic E-state index is 0.112. The van der Waals surface area contributed by atoms with E-state index in [0.29, 0.717) is 6.61 Å². The van der Waals surface area contributed by atoms with E-state index in [0.717, 1.165) is 48.3 Å². The molecule has 1 aromatic rings. The van der Waals surface area contributed by atoms with Crippen LogP contribution in [-0.2, 0) is 6.54 Å². The summed E-state index contributed by atoms with van der Waals surface area (Å²) in [6.45, 7) is 12.0. The number of hydrogen-bond donors (Lipinski definition) is 0. The van der Waals surface area contributed by atoms with Crippen molar-refractivity contribution >= 4 is 5.78 Å². The average Bonchev–Trinajstić information content (AvgIpc) is 2.89. The highest BCUT2D eigenvalue weighted by molar-refractivity contribution is 5.94. The molecular weight excluding hydrogens is 262 g/mol. The van der Waals surface area contributed by atoms with Crippen molar-refractivity contribution in [1.29, 1.82) is 0 Å². The molecule has 1 atom stereocenters. The first-order chi connectivity index (χ1) is 10.0. The van der Waals surface area contributed by atoms with Gasteiger partial charge < -0.3 is 4.74 Å². The molecule has 3 heteroatoms. The molecule has 2 rings (SSSR count). The van der Waals surface area contributed by atoms with E-state index in [1.807, 2.05) is 25.1 Å². The van der Waals surface area contributed by atoms with Gasteiger partial charge in [-0.3, -0.25) is 9.69 Å². The summed E-state index contributed by atoms with van der Waals surface area (Å²) in [5.74, 6) is 2.55. The Bertz CT molecular complexity index is 496. The Kier molecular flexibility index (Phi) is 5.40. The van der Waals surface area contributed by atoms with Crippen molar-refractivity contribution in [3.63, 3.8) is 0 Å². The van der Waals surface area contributed by atoms with E-state index in [2.05, 4.69) is 18.7 Å². The van der Waals surface area contributed by atoms with Gasteiger partial charge in [-0.05, 0) is 56.8 Å². The van der Waals surface area contributed by atoms with Crippen molar-refractivity contribution in [1.82, 2.24) is 4.90 Å². The van der Waals surface area contributed by atoms with Gasteiger partial charge in [0.1, 0.15) is 5.75 Å². The lowest BCUT2D eigenvalue weighted by Gasteiger charge is -2.20. The van der Waals surface area contributed by atoms with Crippen LogP contribution in [0, 0.1) is 11.8 Å². The van der Waals surface area contributed by atoms with E-state index < -0.39 is 0 Å². The Morgan fingerprint density at radius 2 is 2.19 bits per heavy atom. The molecule has 1 aliphatic heterocycles. The highest BCUT2D eigenvalue weighted by Gasteiger charge is 2.25. The van der Waals surface area contributed by atoms with Crippen LogP contribution in [0.5, 0.6) is 5.75 Å². The number of ether oxygens (including phenoxy) is 1. The highest BCUT2D eigenvalue weighted by atomic mass is 16.5. The van der Waals surface area contributed by atoms with E-state index in [9.17, 15) is 4.79 Å². The van der Waals surface area contributed by atoms with Crippen LogP contribution in [0.25, 0.3) is 0 Å². The maximum absolute atomic E-state index is 11.6. The van der Waals surface area contributed by atoms with Crippen LogP contribution in [0.3, 0.4) is 0 Å². The van der Waals surface area contributed by atoms with Crippen LogP contribution in [0.2, 0.25) is 0 Å². The van der Waals surface area contributed by atoms with Crippen molar-refractivity contribution in [2.75, 3.05) is 19.7 Å². The molecule has 1 fully saturated rings. The Morgan fingerprint density at radius 1 is 1.43 bits per heavy atom. The Hall–Kier alpha value is -1.35. The number of rotatable bonds is 6. The van der Waals surface area contributed by atoms with Crippen molar-refractivity contribution in [3.8, 4) is 5.75 Å². The fourth-order valence-electron chi connectivity index (χ4n) is 3.01. The third-order valence-electron chi connectivity index (χ3n) is 4.41. The summed E-state index contributed by atoms with van der Waals surface area (Å²) in [5, 5.41) is 0. The molecule has 1 saturated heterocycles. The SMILES string of the molecule is CCOc1ccc(C(C)=O)cc1CN1CCC(C(C)C)C1. The maximum Gasteiger partial charge on any atom is 0.159 e. The molecule has 3 nitrogen and oxygen atoms in total. The van der Waals surface area contributed by atoms with Gasteiger partial charge in [-0.25, -0.2) is 0 Å². The number of hydrogen-bond acceptors (Lipinski definition) is 3. The van der Waals surface area contributed by atoms with E-state index >= 15 is 0 Å². The fraction of sp³-hybridized carbons (Fsp3) is 0.611. The average molecular weight is 289 g/mol. The van der Waals surface area contributed by atoms with E-state index in [4.69, 9.17) is 4.74 Å². The summed E-state index contributed by atoms with van der Waals surface area (Å²) in [4.78, 5) is 14.1. The molecule has 0 N–H and O–H groups in total. The van der Waals surface area contributed by atoms with Crippen molar-refractivity contribution in [2.45, 2.75) is 40.7 Å². The predicted molar refractivity (Wildman–Crippen MR) is 85.8 cm³/mol. The van der Waals surface area contributed by atoms with Gasteiger partial charge in [0.2, 0.25) is 0 Å². The lowest BCUT2D eigenvalue weighted by atomic mass is 9.95. The highest BCUT2D eigenvalue weighted by Crippen LogP contribution is 2.28. The molecule has 0 amide bonds. The van der Waals surface area contributed by atoms with Crippen LogP contribution >= 0.6 is 0 Å². The first-order valence-corrected chi connectivity index (χ1v) is 8.00. The summed E-state index contributed by atoms with van der Waals surface area (Å²) in [5.41, 5.74) is 1.90. The van der Waals surface area contributed by atoms with Crippen molar-refractivity contribution < 1.29 is 9.53 Å². The van der Waals surface area contributed by atoms with E-state index in [-0.39, 0.29) is 5.78 Å². The first kappa shape index (κ1) is 16.0. The van der Waals surface area contributed by atoms with Crippen LogP contribution < -0.4 is 4.74 Å². The molecule has 0 saturated carbocycles. The molecular formula is C18H27NO2. The Morgan fingerprint density at radius 3 is 2.76 bits per heavy atom. The monoisotopic (exact) mass is 289 g/mol. The zero-order valence-electron chi connectivity index (χ0n) is 13.7. The van der Waals surface area contributed by atoms with Crippen LogP contribution in [0.15, 0.2) is 18.2 Å². The number of nitrogens with zero attached hydrogens (tertiary/aromatic N) is 1. The van der Waals surface area contributed by atoms with E-state index in [1.54, 1.807) is 6.92 Å². The number of likely N-dealkylation sites (tertiary alicyclic amines) is 1. The number of Topliss-reactive ketones (excluding diaryl/α,β-unsaturated/α-hetero) is 1. The second kappa shape index (κ2) is 7.08. The summed E-state index contributed by atoms with van der Waals surface area (Å²) in [7, 11) is 0. The minimum Gasteiger partial charge on any atom is -0.494 e. The molecule has 116 valence electrons. The maximum atomic E-state index is 11.6.